The van der Waals surface area contributed by atoms with Crippen LogP contribution in [0.4, 0.5) is 0 Å². The van der Waals surface area contributed by atoms with E-state index in [0.29, 0.717) is 39.1 Å². The van der Waals surface area contributed by atoms with Crippen LogP contribution in [-0.4, -0.2) is 9.97 Å². The van der Waals surface area contributed by atoms with Crippen LogP contribution >= 0.6 is 0 Å². The van der Waals surface area contributed by atoms with E-state index in [-0.39, 0.29) is 70.3 Å². The molecule has 0 amide bonds. The average Bonchev–Trinajstić information content (AvgIpc) is 4.02. The third kappa shape index (κ3) is 8.28. The number of aromatic nitrogens is 2. The molecule has 3 nitrogen and oxygen atoms in total. The monoisotopic (exact) mass is 973 g/mol. The minimum absolute atomic E-state index is 0. The van der Waals surface area contributed by atoms with E-state index in [1.54, 1.807) is 30.3 Å². The minimum atomic E-state index is -2.74. The second-order valence-corrected chi connectivity index (χ2v) is 14.6. The van der Waals surface area contributed by atoms with Crippen LogP contribution in [0.1, 0.15) is 86.9 Å². The average molecular weight is 973 g/mol. The fraction of sp³-hybridized carbons (Fsp3) is 0.179. The summed E-state index contributed by atoms with van der Waals surface area (Å²) in [6, 6.07) is 44.0. The molecule has 0 unspecified atom stereocenters. The Bertz CT molecular complexity index is 3540. The number of nitrogens with zero attached hydrogens (tertiary/aromatic N) is 2. The first-order chi connectivity index (χ1) is 35.2. The van der Waals surface area contributed by atoms with E-state index in [1.165, 1.54) is 42.7 Å². The van der Waals surface area contributed by atoms with Gasteiger partial charge in [0.1, 0.15) is 5.58 Å². The third-order valence-corrected chi connectivity index (χ3v) is 10.8. The number of furan rings is 1. The van der Waals surface area contributed by atoms with Crippen molar-refractivity contribution in [2.45, 2.75) is 65.8 Å². The van der Waals surface area contributed by atoms with Crippen LogP contribution in [0.3, 0.4) is 0 Å². The summed E-state index contributed by atoms with van der Waals surface area (Å²) < 4.78 is 137. The molecule has 1 aliphatic carbocycles. The van der Waals surface area contributed by atoms with E-state index >= 15 is 0 Å². The van der Waals surface area contributed by atoms with E-state index in [1.807, 2.05) is 72.8 Å². The zero-order chi connectivity index (χ0) is 53.9. The molecule has 3 aromatic heterocycles. The number of para-hydroxylation sites is 1. The largest absolute Gasteiger partial charge is 0.501 e. The third-order valence-electron chi connectivity index (χ3n) is 10.8. The molecule has 0 N–H and O–H groups in total. The van der Waals surface area contributed by atoms with Gasteiger partial charge in [-0.25, -0.2) is 0 Å². The molecule has 0 atom stereocenters. The Labute approximate surface area is 390 Å². The van der Waals surface area contributed by atoms with Crippen molar-refractivity contribution in [2.24, 2.45) is 0 Å². The predicted molar refractivity (Wildman–Crippen MR) is 245 cm³/mol. The van der Waals surface area contributed by atoms with Gasteiger partial charge < -0.3 is 14.4 Å². The van der Waals surface area contributed by atoms with Crippen molar-refractivity contribution >= 4 is 21.9 Å². The van der Waals surface area contributed by atoms with Crippen LogP contribution < -0.4 is 0 Å². The van der Waals surface area contributed by atoms with Crippen LogP contribution in [0.15, 0.2) is 150 Å². The van der Waals surface area contributed by atoms with E-state index in [0.717, 1.165) is 47.6 Å². The number of benzene rings is 6. The van der Waals surface area contributed by atoms with Gasteiger partial charge in [0, 0.05) is 59.8 Å². The van der Waals surface area contributed by atoms with E-state index in [4.69, 9.17) is 26.3 Å². The Morgan fingerprint density at radius 3 is 2.07 bits per heavy atom. The van der Waals surface area contributed by atoms with Crippen molar-refractivity contribution in [1.29, 1.82) is 0 Å². The molecule has 4 heteroatoms. The molecule has 299 valence electrons. The fourth-order valence-electron chi connectivity index (χ4n) is 7.78. The number of aryl methyl sites for hydroxylation is 5. The van der Waals surface area contributed by atoms with Gasteiger partial charge in [-0.05, 0) is 119 Å². The van der Waals surface area contributed by atoms with Gasteiger partial charge in [0.05, 0.1) is 5.58 Å². The summed E-state index contributed by atoms with van der Waals surface area (Å²) >= 11 is 0. The molecule has 1 radical (unpaired) electrons. The van der Waals surface area contributed by atoms with Gasteiger partial charge in [0.25, 0.3) is 0 Å². The summed E-state index contributed by atoms with van der Waals surface area (Å²) in [6.45, 7) is -12.6. The maximum Gasteiger partial charge on any atom is 0.120 e. The van der Waals surface area contributed by atoms with Crippen molar-refractivity contribution < 1.29 is 46.5 Å². The Morgan fingerprint density at radius 2 is 1.30 bits per heavy atom. The molecule has 6 aromatic carbocycles. The Balaban J connectivity index is 0.000000240. The summed E-state index contributed by atoms with van der Waals surface area (Å²) in [5, 5.41) is 1.68. The van der Waals surface area contributed by atoms with E-state index in [2.05, 4.69) is 22.1 Å². The molecular weight excluding hydrogens is 909 g/mol. The molecule has 0 spiro atoms. The molecule has 0 saturated heterocycles. The molecule has 60 heavy (non-hydrogen) atoms. The van der Waals surface area contributed by atoms with Crippen molar-refractivity contribution in [3.63, 3.8) is 0 Å². The molecule has 1 fully saturated rings. The summed E-state index contributed by atoms with van der Waals surface area (Å²) in [5.74, 6) is -0.700. The van der Waals surface area contributed by atoms with Crippen LogP contribution in [0, 0.1) is 46.4 Å². The number of hydrogen-bond acceptors (Lipinski definition) is 3. The maximum absolute atomic E-state index is 8.88. The molecule has 10 rings (SSSR count). The standard InChI is InChI=1S/C37H32NO.C19H16N.Ir/c1-23-20-33(24(2)19-32(23)28-17-15-27(16-18-28)26-9-4-5-10-26)34-21-35(38-22-25(34)3)31-13-8-12-30-29-11-6-7-14-36(29)39-37(30)31;1-14-8-11-19(20-13-14)17-10-9-15(2)18(12-17)16-6-4-3-5-7-16;/h6-8,11-12,14-22,26H,4-5,9-10H2,1-3H3;3-9,11-13H,1-2H3;/q2*-1;/i1D3,2D3,3D3,26D;1D3,2D3;. The number of rotatable bonds is 6. The first-order valence-electron chi connectivity index (χ1n) is 27.4. The number of fused-ring (bicyclic) bond motifs is 3. The van der Waals surface area contributed by atoms with Gasteiger partial charge >= 0.3 is 0 Å². The molecular formula is C56H48IrN2O-2. The normalized spacial score (nSPS) is 18.1. The molecule has 9 aromatic rings. The molecule has 0 aliphatic heterocycles. The fourth-order valence-corrected chi connectivity index (χ4v) is 7.78. The topological polar surface area (TPSA) is 38.9 Å². The minimum Gasteiger partial charge on any atom is -0.501 e. The summed E-state index contributed by atoms with van der Waals surface area (Å²) in [6.07, 6.45) is 5.93. The van der Waals surface area contributed by atoms with Gasteiger partial charge in [-0.1, -0.05) is 139 Å². The van der Waals surface area contributed by atoms with Gasteiger partial charge in [0.2, 0.25) is 0 Å². The van der Waals surface area contributed by atoms with Crippen LogP contribution in [0.2, 0.25) is 0 Å². The number of pyridine rings is 2. The van der Waals surface area contributed by atoms with Gasteiger partial charge in [0.15, 0.2) is 0 Å². The summed E-state index contributed by atoms with van der Waals surface area (Å²) in [7, 11) is 0. The van der Waals surface area contributed by atoms with Crippen molar-refractivity contribution in [1.82, 2.24) is 9.97 Å². The van der Waals surface area contributed by atoms with Crippen molar-refractivity contribution in [3.8, 4) is 55.9 Å². The summed E-state index contributed by atoms with van der Waals surface area (Å²) in [5.41, 5.74) is 5.74. The second-order valence-electron chi connectivity index (χ2n) is 14.6. The Hall–Kier alpha value is -5.93. The maximum atomic E-state index is 8.88. The molecule has 0 bridgehead atoms. The van der Waals surface area contributed by atoms with Crippen LogP contribution in [0.25, 0.3) is 77.8 Å². The number of hydrogen-bond donors (Lipinski definition) is 0. The SMILES string of the molecule is [2H]C([2H])([2H])c1cc(-c2cc(-c3[c-]ccc4c3oc3ccccc34)ncc2C([2H])([2H])[2H])c(C([2H])([2H])[2H])cc1-c1ccc(C2([2H])CCCC2)cc1.[2H]C([2H])([2H])c1ccc(-c2[c-]cc(C([2H])([2H])[2H])c(-c3ccccc3)c2)nc1.[Ir]. The molecule has 1 aliphatic rings. The predicted octanol–water partition coefficient (Wildman–Crippen LogP) is 15.2. The molecule has 1 saturated carbocycles. The van der Waals surface area contributed by atoms with Crippen LogP contribution in [-0.2, 0) is 20.1 Å². The van der Waals surface area contributed by atoms with Gasteiger partial charge in [-0.3, -0.25) is 0 Å². The van der Waals surface area contributed by atoms with Gasteiger partial charge in [-0.2, -0.15) is 0 Å². The van der Waals surface area contributed by atoms with Crippen LogP contribution in [0.5, 0.6) is 0 Å². The quantitative estimate of drug-likeness (QED) is 0.156. The Kier molecular flexibility index (Phi) is 7.58. The Morgan fingerprint density at radius 1 is 0.600 bits per heavy atom. The second kappa shape index (κ2) is 17.7. The van der Waals surface area contributed by atoms with Gasteiger partial charge in [-0.15, -0.1) is 47.5 Å². The first-order valence-corrected chi connectivity index (χ1v) is 19.4. The summed E-state index contributed by atoms with van der Waals surface area (Å²) in [4.78, 5) is 8.69. The van der Waals surface area contributed by atoms with E-state index in [9.17, 15) is 0 Å². The van der Waals surface area contributed by atoms with Crippen molar-refractivity contribution in [2.75, 3.05) is 0 Å². The van der Waals surface area contributed by atoms with Crippen molar-refractivity contribution in [3.05, 3.63) is 191 Å². The zero-order valence-electron chi connectivity index (χ0n) is 48.3. The smallest absolute Gasteiger partial charge is 0.120 e. The van der Waals surface area contributed by atoms with E-state index < -0.39 is 40.2 Å². The molecule has 3 heterocycles. The zero-order valence-corrected chi connectivity index (χ0v) is 34.7. The first kappa shape index (κ1) is 25.6.